The highest BCUT2D eigenvalue weighted by Gasteiger charge is 2.29. The van der Waals surface area contributed by atoms with Crippen LogP contribution in [0.5, 0.6) is 0 Å². The lowest BCUT2D eigenvalue weighted by molar-refractivity contribution is -0.313. The minimum absolute atomic E-state index is 0.140. The monoisotopic (exact) mass is 280 g/mol. The van der Waals surface area contributed by atoms with Crippen molar-refractivity contribution in [1.82, 2.24) is 5.32 Å². The van der Waals surface area contributed by atoms with Gasteiger partial charge in [0, 0.05) is 24.3 Å². The second kappa shape index (κ2) is 8.77. The maximum atomic E-state index is 12.2. The van der Waals surface area contributed by atoms with E-state index < -0.39 is 17.8 Å². The Morgan fingerprint density at radius 1 is 1.25 bits per heavy atom. The van der Waals surface area contributed by atoms with E-state index >= 15 is 0 Å². The van der Waals surface area contributed by atoms with Gasteiger partial charge in [0.2, 0.25) is 5.91 Å². The first-order valence-electron chi connectivity index (χ1n) is 7.73. The van der Waals surface area contributed by atoms with Gasteiger partial charge in [-0.3, -0.25) is 4.79 Å². The van der Waals surface area contributed by atoms with Gasteiger partial charge in [0.1, 0.15) is 0 Å². The second-order valence-corrected chi connectivity index (χ2v) is 5.64. The molecule has 1 rings (SSSR count). The second-order valence-electron chi connectivity index (χ2n) is 5.64. The van der Waals surface area contributed by atoms with E-state index in [1.54, 1.807) is 0 Å². The summed E-state index contributed by atoms with van der Waals surface area (Å²) in [6.07, 6.45) is 9.07. The minimum Gasteiger partial charge on any atom is -0.550 e. The molecule has 1 N–H and O–H groups in total. The average molecular weight is 280 g/mol. The van der Waals surface area contributed by atoms with Gasteiger partial charge in [0.05, 0.1) is 0 Å². The van der Waals surface area contributed by atoms with Gasteiger partial charge in [-0.1, -0.05) is 45.3 Å². The number of carboxylic acid groups (broad SMARTS) is 1. The van der Waals surface area contributed by atoms with Gasteiger partial charge in [-0.05, 0) is 25.2 Å². The van der Waals surface area contributed by atoms with Crippen molar-refractivity contribution < 1.29 is 14.7 Å². The maximum absolute atomic E-state index is 12.2. The molecule has 114 valence electrons. The molecule has 0 aromatic carbocycles. The molecule has 0 saturated carbocycles. The van der Waals surface area contributed by atoms with Crippen LogP contribution in [0.1, 0.15) is 52.4 Å². The molecule has 4 nitrogen and oxygen atoms in total. The Labute approximate surface area is 121 Å². The molecule has 0 unspecified atom stereocenters. The molecule has 0 saturated heterocycles. The summed E-state index contributed by atoms with van der Waals surface area (Å²) in [6.45, 7) is 4.93. The molecule has 0 fully saturated rings. The van der Waals surface area contributed by atoms with E-state index in [-0.39, 0.29) is 5.91 Å². The van der Waals surface area contributed by atoms with Crippen LogP contribution in [-0.2, 0) is 9.59 Å². The topological polar surface area (TPSA) is 69.2 Å². The number of carbonyl (C=O) groups excluding carboxylic acids is 2. The van der Waals surface area contributed by atoms with Crippen molar-refractivity contribution in [3.63, 3.8) is 0 Å². The summed E-state index contributed by atoms with van der Waals surface area (Å²) in [5.74, 6) is -1.94. The Morgan fingerprint density at radius 2 is 1.90 bits per heavy atom. The van der Waals surface area contributed by atoms with Gasteiger partial charge in [-0.15, -0.1) is 0 Å². The van der Waals surface area contributed by atoms with Crippen LogP contribution in [0.25, 0.3) is 0 Å². The molecular weight excluding hydrogens is 254 g/mol. The summed E-state index contributed by atoms with van der Waals surface area (Å²) < 4.78 is 0. The van der Waals surface area contributed by atoms with Gasteiger partial charge in [0.25, 0.3) is 0 Å². The third-order valence-corrected chi connectivity index (χ3v) is 4.18. The van der Waals surface area contributed by atoms with E-state index in [1.807, 2.05) is 12.2 Å². The highest BCUT2D eigenvalue weighted by molar-refractivity contribution is 5.84. The van der Waals surface area contributed by atoms with E-state index in [0.717, 1.165) is 19.3 Å². The molecule has 0 heterocycles. The molecule has 0 bridgehead atoms. The number of amides is 1. The van der Waals surface area contributed by atoms with E-state index in [4.69, 9.17) is 0 Å². The van der Waals surface area contributed by atoms with Crippen LogP contribution in [-0.4, -0.2) is 18.4 Å². The van der Waals surface area contributed by atoms with Crippen LogP contribution in [0, 0.1) is 17.8 Å². The summed E-state index contributed by atoms with van der Waals surface area (Å²) in [5.41, 5.74) is 0. The predicted molar refractivity (Wildman–Crippen MR) is 76.7 cm³/mol. The van der Waals surface area contributed by atoms with Crippen molar-refractivity contribution in [2.75, 3.05) is 6.54 Å². The number of rotatable bonds is 8. The largest absolute Gasteiger partial charge is 0.550 e. The first-order valence-corrected chi connectivity index (χ1v) is 7.73. The summed E-state index contributed by atoms with van der Waals surface area (Å²) in [4.78, 5) is 23.3. The standard InChI is InChI=1S/C16H27NO3/c1-3-5-8-12(4-2)11-17-15(18)13-9-6-7-10-14(13)16(19)20/h6-7,12-14H,3-5,8-11H2,1-2H3,(H,17,18)(H,19,20)/p-1/t12-,13-,14-/m0/s1. The number of unbranched alkanes of at least 4 members (excludes halogenated alkanes) is 1. The zero-order chi connectivity index (χ0) is 15.0. The minimum atomic E-state index is -1.12. The van der Waals surface area contributed by atoms with Gasteiger partial charge >= 0.3 is 0 Å². The number of hydrogen-bond acceptors (Lipinski definition) is 3. The van der Waals surface area contributed by atoms with E-state index in [9.17, 15) is 14.7 Å². The van der Waals surface area contributed by atoms with E-state index in [0.29, 0.717) is 25.3 Å². The van der Waals surface area contributed by atoms with Crippen molar-refractivity contribution in [3.05, 3.63) is 12.2 Å². The molecule has 0 spiro atoms. The third-order valence-electron chi connectivity index (χ3n) is 4.18. The van der Waals surface area contributed by atoms with Crippen molar-refractivity contribution in [2.24, 2.45) is 17.8 Å². The number of aliphatic carboxylic acids is 1. The summed E-state index contributed by atoms with van der Waals surface area (Å²) in [5, 5.41) is 14.0. The summed E-state index contributed by atoms with van der Waals surface area (Å²) in [7, 11) is 0. The van der Waals surface area contributed by atoms with Crippen LogP contribution >= 0.6 is 0 Å². The van der Waals surface area contributed by atoms with Crippen molar-refractivity contribution in [2.45, 2.75) is 52.4 Å². The first-order chi connectivity index (χ1) is 9.60. The molecular formula is C16H26NO3-. The molecule has 1 aliphatic rings. The Kier molecular flexibility index (Phi) is 7.34. The number of allylic oxidation sites excluding steroid dienone is 2. The Balaban J connectivity index is 2.48. The SMILES string of the molecule is CCCC[C@H](CC)CNC(=O)[C@H]1CC=CC[C@@H]1C(=O)[O-]. The lowest BCUT2D eigenvalue weighted by atomic mass is 9.82. The molecule has 20 heavy (non-hydrogen) atoms. The van der Waals surface area contributed by atoms with Crippen molar-refractivity contribution >= 4 is 11.9 Å². The molecule has 4 heteroatoms. The van der Waals surface area contributed by atoms with Crippen molar-refractivity contribution in [3.8, 4) is 0 Å². The molecule has 0 radical (unpaired) electrons. The highest BCUT2D eigenvalue weighted by Crippen LogP contribution is 2.25. The lowest BCUT2D eigenvalue weighted by Gasteiger charge is -2.28. The maximum Gasteiger partial charge on any atom is 0.224 e. The lowest BCUT2D eigenvalue weighted by Crippen LogP contribution is -2.44. The van der Waals surface area contributed by atoms with Crippen LogP contribution in [0.3, 0.4) is 0 Å². The molecule has 0 aliphatic heterocycles. The molecule has 3 atom stereocenters. The van der Waals surface area contributed by atoms with Gasteiger partial charge in [-0.25, -0.2) is 0 Å². The fourth-order valence-electron chi connectivity index (χ4n) is 2.68. The summed E-state index contributed by atoms with van der Waals surface area (Å²) >= 11 is 0. The van der Waals surface area contributed by atoms with Gasteiger partial charge < -0.3 is 15.2 Å². The number of hydrogen-bond donors (Lipinski definition) is 1. The third kappa shape index (κ3) is 4.99. The molecule has 0 aromatic rings. The molecule has 1 amide bonds. The number of carboxylic acids is 1. The summed E-state index contributed by atoms with van der Waals surface area (Å²) in [6, 6.07) is 0. The first kappa shape index (κ1) is 16.7. The van der Waals surface area contributed by atoms with E-state index in [2.05, 4.69) is 19.2 Å². The fourth-order valence-corrected chi connectivity index (χ4v) is 2.68. The Hall–Kier alpha value is -1.32. The van der Waals surface area contributed by atoms with Crippen LogP contribution in [0.2, 0.25) is 0 Å². The normalized spacial score (nSPS) is 23.3. The zero-order valence-corrected chi connectivity index (χ0v) is 12.6. The van der Waals surface area contributed by atoms with Crippen LogP contribution in [0.4, 0.5) is 0 Å². The zero-order valence-electron chi connectivity index (χ0n) is 12.6. The fraction of sp³-hybridized carbons (Fsp3) is 0.750. The predicted octanol–water partition coefficient (Wildman–Crippen LogP) is 1.65. The Bertz CT molecular complexity index is 352. The highest BCUT2D eigenvalue weighted by atomic mass is 16.4. The molecule has 0 aromatic heterocycles. The van der Waals surface area contributed by atoms with Crippen LogP contribution < -0.4 is 10.4 Å². The quantitative estimate of drug-likeness (QED) is 0.687. The van der Waals surface area contributed by atoms with Gasteiger partial charge in [-0.2, -0.15) is 0 Å². The van der Waals surface area contributed by atoms with Crippen LogP contribution in [0.15, 0.2) is 12.2 Å². The molecule has 1 aliphatic carbocycles. The van der Waals surface area contributed by atoms with Gasteiger partial charge in [0.15, 0.2) is 0 Å². The smallest absolute Gasteiger partial charge is 0.224 e. The van der Waals surface area contributed by atoms with Crippen molar-refractivity contribution in [1.29, 1.82) is 0 Å². The average Bonchev–Trinajstić information content (AvgIpc) is 2.47. The Morgan fingerprint density at radius 3 is 2.45 bits per heavy atom. The van der Waals surface area contributed by atoms with E-state index in [1.165, 1.54) is 6.42 Å². The number of nitrogens with one attached hydrogen (secondary N) is 1. The number of carbonyl (C=O) groups is 2.